The first-order valence-corrected chi connectivity index (χ1v) is 8.41. The van der Waals surface area contributed by atoms with E-state index in [9.17, 15) is 13.2 Å². The SMILES string of the molecule is CC1=Cc2ccccc2S1(I)C(F)(F)F. The molecule has 1 atom stereocenters. The van der Waals surface area contributed by atoms with Crippen LogP contribution in [0.1, 0.15) is 12.5 Å². The maximum atomic E-state index is 13.1. The van der Waals surface area contributed by atoms with Crippen LogP contribution in [0.15, 0.2) is 34.1 Å². The third-order valence-electron chi connectivity index (χ3n) is 2.34. The van der Waals surface area contributed by atoms with Crippen molar-refractivity contribution in [3.05, 3.63) is 34.7 Å². The van der Waals surface area contributed by atoms with E-state index in [0.29, 0.717) is 15.4 Å². The van der Waals surface area contributed by atoms with Crippen molar-refractivity contribution in [1.82, 2.24) is 0 Å². The van der Waals surface area contributed by atoms with Crippen molar-refractivity contribution in [2.75, 3.05) is 0 Å². The maximum Gasteiger partial charge on any atom is 0.441 e. The molecule has 15 heavy (non-hydrogen) atoms. The van der Waals surface area contributed by atoms with Gasteiger partial charge in [0.1, 0.15) is 0 Å². The lowest BCUT2D eigenvalue weighted by atomic mass is 10.2. The van der Waals surface area contributed by atoms with Crippen molar-refractivity contribution in [1.29, 1.82) is 0 Å². The number of halogens is 4. The highest BCUT2D eigenvalue weighted by atomic mass is 127. The Morgan fingerprint density at radius 2 is 1.80 bits per heavy atom. The van der Waals surface area contributed by atoms with E-state index in [-0.39, 0.29) is 0 Å². The predicted octanol–water partition coefficient (Wildman–Crippen LogP) is 5.09. The second-order valence-electron chi connectivity index (χ2n) is 3.28. The van der Waals surface area contributed by atoms with Crippen LogP contribution in [-0.4, -0.2) is 5.51 Å². The van der Waals surface area contributed by atoms with Gasteiger partial charge in [-0.3, -0.25) is 0 Å². The summed E-state index contributed by atoms with van der Waals surface area (Å²) in [6, 6.07) is 6.74. The largest absolute Gasteiger partial charge is 0.441 e. The van der Waals surface area contributed by atoms with Crippen LogP contribution in [0.2, 0.25) is 0 Å². The minimum absolute atomic E-state index is 0.426. The summed E-state index contributed by atoms with van der Waals surface area (Å²) in [5.74, 6) is 0. The van der Waals surface area contributed by atoms with Crippen molar-refractivity contribution in [3.63, 3.8) is 0 Å². The minimum atomic E-state index is -4.17. The number of allylic oxidation sites excluding steroid dienone is 1. The van der Waals surface area contributed by atoms with Crippen LogP contribution in [0.25, 0.3) is 6.08 Å². The predicted molar refractivity (Wildman–Crippen MR) is 66.0 cm³/mol. The van der Waals surface area contributed by atoms with Gasteiger partial charge in [0, 0.05) is 4.90 Å². The molecule has 0 aromatic heterocycles. The zero-order chi connectivity index (χ0) is 11.3. The molecule has 0 saturated carbocycles. The highest BCUT2D eigenvalue weighted by Crippen LogP contribution is 2.81. The lowest BCUT2D eigenvalue weighted by molar-refractivity contribution is -0.0352. The average molecular weight is 344 g/mol. The number of benzene rings is 1. The van der Waals surface area contributed by atoms with Crippen molar-refractivity contribution >= 4 is 34.5 Å². The zero-order valence-electron chi connectivity index (χ0n) is 7.81. The molecular formula is C10H8F3IS. The molecule has 0 amide bonds. The summed E-state index contributed by atoms with van der Waals surface area (Å²) in [5.41, 5.74) is -3.46. The standard InChI is InChI=1S/C10H8F3IS/c1-7-6-8-4-2-3-5-9(8)15(7,14)10(11,12)13/h2-6H,1H3. The van der Waals surface area contributed by atoms with Gasteiger partial charge < -0.3 is 0 Å². The molecule has 1 heterocycles. The lowest BCUT2D eigenvalue weighted by Crippen LogP contribution is -2.14. The van der Waals surface area contributed by atoms with Crippen LogP contribution >= 0.6 is 28.4 Å². The van der Waals surface area contributed by atoms with Crippen LogP contribution < -0.4 is 0 Å². The van der Waals surface area contributed by atoms with Crippen LogP contribution in [0.4, 0.5) is 13.2 Å². The summed E-state index contributed by atoms with van der Waals surface area (Å²) in [4.78, 5) is 0.854. The smallest absolute Gasteiger partial charge is 0.160 e. The molecule has 0 fully saturated rings. The van der Waals surface area contributed by atoms with Crippen LogP contribution in [-0.2, 0) is 0 Å². The van der Waals surface area contributed by atoms with Gasteiger partial charge in [-0.05, 0) is 57.9 Å². The molecule has 0 aliphatic carbocycles. The van der Waals surface area contributed by atoms with E-state index in [1.54, 1.807) is 58.5 Å². The number of fused-ring (bicyclic) bond motifs is 1. The summed E-state index contributed by atoms with van der Waals surface area (Å²) in [7, 11) is -2.83. The molecule has 0 nitrogen and oxygen atoms in total. The Morgan fingerprint density at radius 1 is 1.20 bits per heavy atom. The molecule has 1 aliphatic heterocycles. The third kappa shape index (κ3) is 1.51. The van der Waals surface area contributed by atoms with Gasteiger partial charge in [0.05, 0.1) is 0 Å². The summed E-state index contributed by atoms with van der Waals surface area (Å²) in [6.07, 6.45) is 1.64. The molecular weight excluding hydrogens is 336 g/mol. The Morgan fingerprint density at radius 3 is 2.40 bits per heavy atom. The fourth-order valence-corrected chi connectivity index (χ4v) is 5.19. The number of hydrogen-bond acceptors (Lipinski definition) is 0. The molecule has 1 aliphatic rings. The maximum absolute atomic E-state index is 13.1. The number of hydrogen-bond donors (Lipinski definition) is 0. The molecule has 0 spiro atoms. The van der Waals surface area contributed by atoms with Gasteiger partial charge in [-0.2, -0.15) is 13.2 Å². The first kappa shape index (κ1) is 11.3. The van der Waals surface area contributed by atoms with E-state index >= 15 is 0 Å². The Bertz CT molecular complexity index is 439. The van der Waals surface area contributed by atoms with Crippen LogP contribution in [0.5, 0.6) is 0 Å². The van der Waals surface area contributed by atoms with Crippen LogP contribution in [0.3, 0.4) is 0 Å². The lowest BCUT2D eigenvalue weighted by Gasteiger charge is -2.33. The van der Waals surface area contributed by atoms with E-state index in [2.05, 4.69) is 0 Å². The van der Waals surface area contributed by atoms with Gasteiger partial charge in [0.15, 0.2) is 0 Å². The van der Waals surface area contributed by atoms with Gasteiger partial charge in [0.2, 0.25) is 0 Å². The number of alkyl halides is 3. The van der Waals surface area contributed by atoms with Crippen LogP contribution in [0, 0.1) is 0 Å². The first-order chi connectivity index (χ1) is 6.87. The fourth-order valence-electron chi connectivity index (χ4n) is 1.64. The zero-order valence-corrected chi connectivity index (χ0v) is 10.8. The third-order valence-corrected chi connectivity index (χ3v) is 9.97. The van der Waals surface area contributed by atoms with Gasteiger partial charge in [-0.1, -0.05) is 18.2 Å². The summed E-state index contributed by atoms with van der Waals surface area (Å²) in [6.45, 7) is 1.56. The van der Waals surface area contributed by atoms with E-state index in [0.717, 1.165) is 0 Å². The number of rotatable bonds is 0. The Hall–Kier alpha value is -0.170. The fraction of sp³-hybridized carbons (Fsp3) is 0.200. The molecule has 5 heteroatoms. The van der Waals surface area contributed by atoms with Crippen molar-refractivity contribution < 1.29 is 13.2 Å². The molecule has 82 valence electrons. The van der Waals surface area contributed by atoms with E-state index in [4.69, 9.17) is 0 Å². The molecule has 1 unspecified atom stereocenters. The first-order valence-electron chi connectivity index (χ1n) is 4.24. The van der Waals surface area contributed by atoms with E-state index < -0.39 is 12.7 Å². The molecule has 0 N–H and O–H groups in total. The molecule has 1 aromatic rings. The topological polar surface area (TPSA) is 0 Å². The molecule has 2 rings (SSSR count). The van der Waals surface area contributed by atoms with Gasteiger partial charge in [-0.15, -0.1) is 0 Å². The summed E-state index contributed by atoms with van der Waals surface area (Å²) < 4.78 is 39.2. The minimum Gasteiger partial charge on any atom is -0.160 e. The Kier molecular flexibility index (Phi) is 2.57. The Balaban J connectivity index is 2.67. The highest BCUT2D eigenvalue weighted by Gasteiger charge is 2.53. The van der Waals surface area contributed by atoms with Crippen molar-refractivity contribution in [3.8, 4) is 0 Å². The van der Waals surface area contributed by atoms with E-state index in [1.165, 1.54) is 0 Å². The van der Waals surface area contributed by atoms with Crippen molar-refractivity contribution in [2.24, 2.45) is 0 Å². The van der Waals surface area contributed by atoms with Gasteiger partial charge in [0.25, 0.3) is 0 Å². The van der Waals surface area contributed by atoms with Gasteiger partial charge in [-0.25, -0.2) is 0 Å². The molecule has 0 radical (unpaired) electrons. The second kappa shape index (κ2) is 3.41. The molecule has 0 saturated heterocycles. The monoisotopic (exact) mass is 344 g/mol. The Labute approximate surface area is 99.5 Å². The quantitative estimate of drug-likeness (QED) is 0.575. The van der Waals surface area contributed by atoms with Crippen molar-refractivity contribution in [2.45, 2.75) is 17.3 Å². The second-order valence-corrected chi connectivity index (χ2v) is 9.86. The normalized spacial score (nSPS) is 29.3. The summed E-state index contributed by atoms with van der Waals surface area (Å²) in [5, 5.41) is 0. The van der Waals surface area contributed by atoms with Gasteiger partial charge >= 0.3 is 5.51 Å². The molecule has 1 aromatic carbocycles. The summed E-state index contributed by atoms with van der Waals surface area (Å²) >= 11 is 1.58. The highest BCUT2D eigenvalue weighted by molar-refractivity contribution is 14.2. The van der Waals surface area contributed by atoms with E-state index in [1.807, 2.05) is 0 Å². The molecule has 0 bridgehead atoms. The average Bonchev–Trinajstić information content (AvgIpc) is 2.40.